The van der Waals surface area contributed by atoms with Crippen molar-refractivity contribution < 1.29 is 4.79 Å². The number of benzene rings is 1. The molecule has 4 heteroatoms. The van der Waals surface area contributed by atoms with Crippen molar-refractivity contribution in [1.29, 1.82) is 0 Å². The van der Waals surface area contributed by atoms with Crippen molar-refractivity contribution in [2.24, 2.45) is 0 Å². The van der Waals surface area contributed by atoms with E-state index >= 15 is 0 Å². The second kappa shape index (κ2) is 4.94. The third-order valence-electron chi connectivity index (χ3n) is 3.22. The zero-order valence-corrected chi connectivity index (χ0v) is 12.8. The van der Waals surface area contributed by atoms with E-state index in [-0.39, 0.29) is 5.78 Å². The van der Waals surface area contributed by atoms with Gasteiger partial charge in [-0.15, -0.1) is 11.3 Å². The number of halogens is 1. The fourth-order valence-corrected chi connectivity index (χ4v) is 3.53. The van der Waals surface area contributed by atoms with Gasteiger partial charge in [0.05, 0.1) is 4.88 Å². The Labute approximate surface area is 123 Å². The summed E-state index contributed by atoms with van der Waals surface area (Å²) >= 11 is 4.96. The third kappa shape index (κ3) is 2.15. The Morgan fingerprint density at radius 2 is 2.21 bits per heavy atom. The minimum Gasteiger partial charge on any atom is -0.360 e. The van der Waals surface area contributed by atoms with Gasteiger partial charge in [0.2, 0.25) is 5.78 Å². The molecule has 0 saturated carbocycles. The number of carbonyl (C=O) groups is 1. The molecule has 0 bridgehead atoms. The molecule has 2 aromatic heterocycles. The molecule has 0 radical (unpaired) electrons. The molecule has 3 rings (SSSR count). The maximum atomic E-state index is 12.6. The quantitative estimate of drug-likeness (QED) is 0.687. The third-order valence-corrected chi connectivity index (χ3v) is 4.67. The Bertz CT molecular complexity index is 756. The van der Waals surface area contributed by atoms with E-state index in [4.69, 9.17) is 0 Å². The van der Waals surface area contributed by atoms with E-state index in [1.165, 1.54) is 11.3 Å². The lowest BCUT2D eigenvalue weighted by atomic mass is 10.1. The van der Waals surface area contributed by atoms with Crippen LogP contribution in [-0.4, -0.2) is 10.8 Å². The van der Waals surface area contributed by atoms with Crippen LogP contribution in [0.2, 0.25) is 0 Å². The summed E-state index contributed by atoms with van der Waals surface area (Å²) in [5.41, 5.74) is 2.86. The van der Waals surface area contributed by atoms with E-state index in [1.807, 2.05) is 29.6 Å². The molecule has 2 nitrogen and oxygen atoms in total. The van der Waals surface area contributed by atoms with Crippen LogP contribution in [0.25, 0.3) is 10.9 Å². The molecule has 1 aromatic carbocycles. The van der Waals surface area contributed by atoms with Crippen LogP contribution in [0.15, 0.2) is 40.3 Å². The van der Waals surface area contributed by atoms with Crippen molar-refractivity contribution in [3.05, 3.63) is 56.3 Å². The molecular weight excluding hydrogens is 322 g/mol. The molecule has 0 unspecified atom stereocenters. The molecule has 96 valence electrons. The highest BCUT2D eigenvalue weighted by molar-refractivity contribution is 9.10. The zero-order chi connectivity index (χ0) is 13.4. The minimum absolute atomic E-state index is 0.112. The predicted octanol–water partition coefficient (Wildman–Crippen LogP) is 4.79. The Morgan fingerprint density at radius 1 is 1.37 bits per heavy atom. The molecule has 0 aliphatic heterocycles. The molecule has 2 heterocycles. The molecular formula is C15H12BrNOS. The molecule has 1 N–H and O–H groups in total. The van der Waals surface area contributed by atoms with Crippen LogP contribution in [-0.2, 0) is 6.42 Å². The van der Waals surface area contributed by atoms with Crippen molar-refractivity contribution >= 4 is 44.0 Å². The molecule has 0 aliphatic rings. The first-order valence-electron chi connectivity index (χ1n) is 6.08. The number of hydrogen-bond acceptors (Lipinski definition) is 2. The number of aryl methyl sites for hydroxylation is 1. The number of aromatic amines is 1. The highest BCUT2D eigenvalue weighted by Gasteiger charge is 2.17. The standard InChI is InChI=1S/C15H12BrNOS/c1-2-9-5-6-19-15(9)14(18)12-8-17-13-7-10(16)3-4-11(12)13/h3-8,17H,2H2,1H3. The first-order valence-corrected chi connectivity index (χ1v) is 7.75. The second-order valence-electron chi connectivity index (χ2n) is 4.35. The number of carbonyl (C=O) groups excluding carboxylic acids is 1. The monoisotopic (exact) mass is 333 g/mol. The molecule has 0 amide bonds. The largest absolute Gasteiger partial charge is 0.360 e. The van der Waals surface area contributed by atoms with E-state index in [0.29, 0.717) is 0 Å². The van der Waals surface area contributed by atoms with Gasteiger partial charge in [0.1, 0.15) is 0 Å². The first-order chi connectivity index (χ1) is 9.20. The molecule has 0 atom stereocenters. The lowest BCUT2D eigenvalue weighted by Gasteiger charge is -2.00. The fraction of sp³-hybridized carbons (Fsp3) is 0.133. The summed E-state index contributed by atoms with van der Waals surface area (Å²) in [7, 11) is 0. The molecule has 3 aromatic rings. The SMILES string of the molecule is CCc1ccsc1C(=O)c1c[nH]c2cc(Br)ccc12. The summed E-state index contributed by atoms with van der Waals surface area (Å²) < 4.78 is 1.01. The van der Waals surface area contributed by atoms with Crippen LogP contribution < -0.4 is 0 Å². The van der Waals surface area contributed by atoms with Crippen LogP contribution in [0, 0.1) is 0 Å². The Kier molecular flexibility index (Phi) is 3.29. The smallest absolute Gasteiger partial charge is 0.205 e. The predicted molar refractivity (Wildman–Crippen MR) is 83.1 cm³/mol. The first kappa shape index (κ1) is 12.6. The molecule has 0 saturated heterocycles. The highest BCUT2D eigenvalue weighted by Crippen LogP contribution is 2.27. The Hall–Kier alpha value is -1.39. The summed E-state index contributed by atoms with van der Waals surface area (Å²) in [6.07, 6.45) is 2.69. The van der Waals surface area contributed by atoms with Gasteiger partial charge in [-0.1, -0.05) is 28.9 Å². The lowest BCUT2D eigenvalue weighted by Crippen LogP contribution is -2.00. The molecule has 0 spiro atoms. The maximum Gasteiger partial charge on any atom is 0.205 e. The number of H-pyrrole nitrogens is 1. The average Bonchev–Trinajstić information content (AvgIpc) is 3.03. The number of thiophene rings is 1. The van der Waals surface area contributed by atoms with Crippen molar-refractivity contribution in [3.63, 3.8) is 0 Å². The number of ketones is 1. The van der Waals surface area contributed by atoms with Crippen molar-refractivity contribution in [1.82, 2.24) is 4.98 Å². The fourth-order valence-electron chi connectivity index (χ4n) is 2.22. The average molecular weight is 334 g/mol. The number of rotatable bonds is 3. The van der Waals surface area contributed by atoms with Gasteiger partial charge in [-0.25, -0.2) is 0 Å². The van der Waals surface area contributed by atoms with E-state index in [2.05, 4.69) is 27.8 Å². The van der Waals surface area contributed by atoms with Gasteiger partial charge in [-0.05, 0) is 35.6 Å². The van der Waals surface area contributed by atoms with Gasteiger partial charge in [-0.2, -0.15) is 0 Å². The van der Waals surface area contributed by atoms with Crippen LogP contribution >= 0.6 is 27.3 Å². The Morgan fingerprint density at radius 3 is 3.00 bits per heavy atom. The van der Waals surface area contributed by atoms with Gasteiger partial charge < -0.3 is 4.98 Å². The van der Waals surface area contributed by atoms with Crippen molar-refractivity contribution in [2.75, 3.05) is 0 Å². The summed E-state index contributed by atoms with van der Waals surface area (Å²) in [5, 5.41) is 2.96. The van der Waals surface area contributed by atoms with Crippen LogP contribution in [0.4, 0.5) is 0 Å². The number of hydrogen-bond donors (Lipinski definition) is 1. The summed E-state index contributed by atoms with van der Waals surface area (Å²) in [4.78, 5) is 16.6. The topological polar surface area (TPSA) is 32.9 Å². The number of fused-ring (bicyclic) bond motifs is 1. The van der Waals surface area contributed by atoms with Gasteiger partial charge in [0.15, 0.2) is 0 Å². The van der Waals surface area contributed by atoms with Gasteiger partial charge in [-0.3, -0.25) is 4.79 Å². The van der Waals surface area contributed by atoms with Gasteiger partial charge in [0.25, 0.3) is 0 Å². The highest BCUT2D eigenvalue weighted by atomic mass is 79.9. The molecule has 0 fully saturated rings. The van der Waals surface area contributed by atoms with Gasteiger partial charge in [0, 0.05) is 27.1 Å². The molecule has 19 heavy (non-hydrogen) atoms. The molecule has 0 aliphatic carbocycles. The van der Waals surface area contributed by atoms with E-state index in [9.17, 15) is 4.79 Å². The van der Waals surface area contributed by atoms with Gasteiger partial charge >= 0.3 is 0 Å². The number of aromatic nitrogens is 1. The second-order valence-corrected chi connectivity index (χ2v) is 6.18. The minimum atomic E-state index is 0.112. The lowest BCUT2D eigenvalue weighted by molar-refractivity contribution is 0.104. The number of nitrogens with one attached hydrogen (secondary N) is 1. The normalized spacial score (nSPS) is 11.1. The van der Waals surface area contributed by atoms with E-state index < -0.39 is 0 Å². The van der Waals surface area contributed by atoms with Crippen molar-refractivity contribution in [2.45, 2.75) is 13.3 Å². The van der Waals surface area contributed by atoms with E-state index in [1.54, 1.807) is 6.20 Å². The van der Waals surface area contributed by atoms with Crippen molar-refractivity contribution in [3.8, 4) is 0 Å². The van der Waals surface area contributed by atoms with Crippen LogP contribution in [0.5, 0.6) is 0 Å². The Balaban J connectivity index is 2.12. The van der Waals surface area contributed by atoms with Crippen LogP contribution in [0.1, 0.15) is 27.7 Å². The summed E-state index contributed by atoms with van der Waals surface area (Å²) in [6.45, 7) is 2.07. The maximum absolute atomic E-state index is 12.6. The van der Waals surface area contributed by atoms with E-state index in [0.717, 1.165) is 37.8 Å². The van der Waals surface area contributed by atoms with Crippen LogP contribution in [0.3, 0.4) is 0 Å². The zero-order valence-electron chi connectivity index (χ0n) is 10.4. The summed E-state index contributed by atoms with van der Waals surface area (Å²) in [6, 6.07) is 7.95. The summed E-state index contributed by atoms with van der Waals surface area (Å²) in [5.74, 6) is 0.112.